The molecule has 1 atom stereocenters. The summed E-state index contributed by atoms with van der Waals surface area (Å²) in [6, 6.07) is 6.38. The van der Waals surface area contributed by atoms with E-state index in [0.717, 1.165) is 10.1 Å². The van der Waals surface area contributed by atoms with Gasteiger partial charge in [0, 0.05) is 12.4 Å². The highest BCUT2D eigenvalue weighted by Crippen LogP contribution is 2.22. The van der Waals surface area contributed by atoms with Crippen LogP contribution in [0.15, 0.2) is 41.5 Å². The van der Waals surface area contributed by atoms with Crippen molar-refractivity contribution in [2.24, 2.45) is 0 Å². The first-order chi connectivity index (χ1) is 12.2. The minimum absolute atomic E-state index is 0.256. The van der Waals surface area contributed by atoms with Crippen LogP contribution in [-0.2, 0) is 4.74 Å². The van der Waals surface area contributed by atoms with Gasteiger partial charge in [0.2, 0.25) is 0 Å². The number of fused-ring (bicyclic) bond motifs is 1. The molecule has 0 fully saturated rings. The number of imidazole rings is 1. The Kier molecular flexibility index (Phi) is 4.27. The molecule has 0 aliphatic heterocycles. The summed E-state index contributed by atoms with van der Waals surface area (Å²) in [4.78, 5) is 34.0. The average molecular weight is 355 g/mol. The maximum absolute atomic E-state index is 13.1. The molecule has 0 bridgehead atoms. The molecule has 0 aromatic carbocycles. The second-order valence-electron chi connectivity index (χ2n) is 7.01. The van der Waals surface area contributed by atoms with Gasteiger partial charge in [-0.15, -0.1) is 0 Å². The molecule has 0 spiro atoms. The Morgan fingerprint density at radius 3 is 2.62 bits per heavy atom. The smallest absolute Gasteiger partial charge is 0.423 e. The summed E-state index contributed by atoms with van der Waals surface area (Å²) < 4.78 is 7.79. The predicted octanol–water partition coefficient (Wildman–Crippen LogP) is 2.57. The van der Waals surface area contributed by atoms with Gasteiger partial charge in [-0.1, -0.05) is 6.07 Å². The number of nitrogens with zero attached hydrogens (tertiary/aromatic N) is 4. The van der Waals surface area contributed by atoms with Crippen LogP contribution in [0.1, 0.15) is 39.3 Å². The van der Waals surface area contributed by atoms with E-state index in [1.165, 1.54) is 4.57 Å². The second-order valence-corrected chi connectivity index (χ2v) is 7.01. The van der Waals surface area contributed by atoms with Crippen LogP contribution in [0.4, 0.5) is 10.6 Å². The topological polar surface area (TPSA) is 105 Å². The van der Waals surface area contributed by atoms with Crippen LogP contribution in [0.25, 0.3) is 11.2 Å². The Hall–Kier alpha value is -3.16. The SMILES string of the molecule is C[C@H](c1cccnc1)n1c(=O)n(C(=O)OC(C)(C)C)c2ccc(N)nc21. The van der Waals surface area contributed by atoms with Crippen molar-refractivity contribution < 1.29 is 9.53 Å². The van der Waals surface area contributed by atoms with E-state index in [2.05, 4.69) is 9.97 Å². The summed E-state index contributed by atoms with van der Waals surface area (Å²) in [5.41, 5.74) is 6.00. The first-order valence-corrected chi connectivity index (χ1v) is 8.22. The van der Waals surface area contributed by atoms with Crippen LogP contribution in [0, 0.1) is 0 Å². The van der Waals surface area contributed by atoms with Crippen LogP contribution in [0.2, 0.25) is 0 Å². The molecule has 2 N–H and O–H groups in total. The third kappa shape index (κ3) is 3.17. The monoisotopic (exact) mass is 355 g/mol. The van der Waals surface area contributed by atoms with E-state index in [9.17, 15) is 9.59 Å². The van der Waals surface area contributed by atoms with E-state index >= 15 is 0 Å². The van der Waals surface area contributed by atoms with Crippen molar-refractivity contribution in [1.29, 1.82) is 0 Å². The largest absolute Gasteiger partial charge is 0.443 e. The van der Waals surface area contributed by atoms with Gasteiger partial charge in [-0.3, -0.25) is 9.55 Å². The van der Waals surface area contributed by atoms with E-state index in [0.29, 0.717) is 11.2 Å². The molecule has 3 heterocycles. The number of aromatic nitrogens is 4. The van der Waals surface area contributed by atoms with Gasteiger partial charge in [0.1, 0.15) is 16.9 Å². The molecular weight excluding hydrogens is 334 g/mol. The van der Waals surface area contributed by atoms with Crippen molar-refractivity contribution in [3.63, 3.8) is 0 Å². The van der Waals surface area contributed by atoms with E-state index in [1.807, 2.05) is 13.0 Å². The molecule has 3 rings (SSSR count). The fraction of sp³-hybridized carbons (Fsp3) is 0.333. The zero-order valence-electron chi connectivity index (χ0n) is 15.1. The van der Waals surface area contributed by atoms with E-state index < -0.39 is 23.4 Å². The number of pyridine rings is 2. The zero-order valence-corrected chi connectivity index (χ0v) is 15.1. The molecule has 0 saturated heterocycles. The highest BCUT2D eigenvalue weighted by molar-refractivity contribution is 5.86. The number of carbonyl (C=O) groups is 1. The van der Waals surface area contributed by atoms with Gasteiger partial charge in [-0.25, -0.2) is 14.6 Å². The Morgan fingerprint density at radius 2 is 2.00 bits per heavy atom. The van der Waals surface area contributed by atoms with Gasteiger partial charge in [-0.2, -0.15) is 4.57 Å². The van der Waals surface area contributed by atoms with Crippen molar-refractivity contribution in [3.8, 4) is 0 Å². The molecule has 0 amide bonds. The molecule has 26 heavy (non-hydrogen) atoms. The molecule has 0 unspecified atom stereocenters. The van der Waals surface area contributed by atoms with Crippen molar-refractivity contribution in [2.75, 3.05) is 5.73 Å². The first-order valence-electron chi connectivity index (χ1n) is 8.22. The normalized spacial score (nSPS) is 12.9. The minimum atomic E-state index is -0.754. The number of carbonyl (C=O) groups excluding carboxylic acids is 1. The van der Waals surface area contributed by atoms with Crippen LogP contribution in [-0.4, -0.2) is 30.8 Å². The number of hydrogen-bond acceptors (Lipinski definition) is 6. The molecule has 0 radical (unpaired) electrons. The van der Waals surface area contributed by atoms with E-state index in [4.69, 9.17) is 10.5 Å². The molecule has 0 aliphatic carbocycles. The molecule has 3 aromatic heterocycles. The van der Waals surface area contributed by atoms with Crippen LogP contribution in [0.3, 0.4) is 0 Å². The lowest BCUT2D eigenvalue weighted by molar-refractivity contribution is 0.0537. The van der Waals surface area contributed by atoms with Gasteiger partial charge in [-0.05, 0) is 51.5 Å². The van der Waals surface area contributed by atoms with Gasteiger partial charge < -0.3 is 10.5 Å². The third-order valence-corrected chi connectivity index (χ3v) is 3.87. The predicted molar refractivity (Wildman–Crippen MR) is 98.1 cm³/mol. The zero-order chi connectivity index (χ0) is 19.1. The van der Waals surface area contributed by atoms with E-state index in [1.54, 1.807) is 51.4 Å². The fourth-order valence-electron chi connectivity index (χ4n) is 2.71. The van der Waals surface area contributed by atoms with Crippen LogP contribution in [0.5, 0.6) is 0 Å². The van der Waals surface area contributed by atoms with Crippen LogP contribution >= 0.6 is 0 Å². The standard InChI is InChI=1S/C18H21N5O3/c1-11(12-6-5-9-20-10-12)22-15-13(7-8-14(19)21-15)23(16(22)24)17(25)26-18(2,3)4/h5-11H,1-4H3,(H2,19,21)/t11-/m1/s1. The number of hydrogen-bond donors (Lipinski definition) is 1. The number of rotatable bonds is 2. The Morgan fingerprint density at radius 1 is 1.27 bits per heavy atom. The lowest BCUT2D eigenvalue weighted by Gasteiger charge is -2.19. The fourth-order valence-corrected chi connectivity index (χ4v) is 2.71. The number of anilines is 1. The lowest BCUT2D eigenvalue weighted by atomic mass is 10.1. The third-order valence-electron chi connectivity index (χ3n) is 3.87. The Labute approximate surface area is 150 Å². The minimum Gasteiger partial charge on any atom is -0.443 e. The Balaban J connectivity index is 2.24. The molecule has 0 aliphatic rings. The summed E-state index contributed by atoms with van der Waals surface area (Å²) in [6.45, 7) is 7.05. The summed E-state index contributed by atoms with van der Waals surface area (Å²) >= 11 is 0. The average Bonchev–Trinajstić information content (AvgIpc) is 2.84. The molecular formula is C18H21N5O3. The van der Waals surface area contributed by atoms with Gasteiger partial charge in [0.15, 0.2) is 5.65 Å². The van der Waals surface area contributed by atoms with E-state index in [-0.39, 0.29) is 5.82 Å². The first kappa shape index (κ1) is 17.7. The maximum Gasteiger partial charge on any atom is 0.423 e. The summed E-state index contributed by atoms with van der Waals surface area (Å²) in [5.74, 6) is 0.256. The van der Waals surface area contributed by atoms with Crippen molar-refractivity contribution in [1.82, 2.24) is 19.1 Å². The van der Waals surface area contributed by atoms with Crippen molar-refractivity contribution >= 4 is 23.1 Å². The van der Waals surface area contributed by atoms with Gasteiger partial charge >= 0.3 is 11.8 Å². The van der Waals surface area contributed by atoms with Crippen LogP contribution < -0.4 is 11.4 Å². The maximum atomic E-state index is 13.1. The lowest BCUT2D eigenvalue weighted by Crippen LogP contribution is -2.35. The van der Waals surface area contributed by atoms with Gasteiger partial charge in [0.05, 0.1) is 6.04 Å². The molecule has 3 aromatic rings. The second kappa shape index (κ2) is 6.29. The molecule has 136 valence electrons. The van der Waals surface area contributed by atoms with Crippen molar-refractivity contribution in [2.45, 2.75) is 39.3 Å². The Bertz CT molecular complexity index is 1010. The highest BCUT2D eigenvalue weighted by Gasteiger charge is 2.27. The number of nitrogens with two attached hydrogens (primary N) is 1. The highest BCUT2D eigenvalue weighted by atomic mass is 16.6. The summed E-state index contributed by atoms with van der Waals surface area (Å²) in [7, 11) is 0. The van der Waals surface area contributed by atoms with Gasteiger partial charge in [0.25, 0.3) is 0 Å². The van der Waals surface area contributed by atoms with Crippen molar-refractivity contribution in [3.05, 3.63) is 52.7 Å². The molecule has 8 heteroatoms. The molecule has 8 nitrogen and oxygen atoms in total. The summed E-state index contributed by atoms with van der Waals surface area (Å²) in [5, 5.41) is 0. The number of ether oxygens (including phenoxy) is 1. The summed E-state index contributed by atoms with van der Waals surface area (Å²) in [6.07, 6.45) is 2.57. The molecule has 0 saturated carbocycles. The quantitative estimate of drug-likeness (QED) is 0.757. The number of nitrogen functional groups attached to an aromatic ring is 1.